The zero-order chi connectivity index (χ0) is 62.1. The molecule has 0 amide bonds. The Morgan fingerprint density at radius 1 is 0.830 bits per heavy atom. The molecular weight excluding hydrogens is 1640 g/mol. The van der Waals surface area contributed by atoms with Crippen LogP contribution in [-0.4, -0.2) is 58.8 Å². The van der Waals surface area contributed by atoms with Crippen LogP contribution >= 0.6 is 11.3 Å². The van der Waals surface area contributed by atoms with Gasteiger partial charge in [0.25, 0.3) is 0 Å². The molecule has 14 nitrogen and oxygen atoms in total. The van der Waals surface area contributed by atoms with Crippen LogP contribution in [0.25, 0.3) is 11.4 Å². The van der Waals surface area contributed by atoms with Crippen LogP contribution in [0, 0.1) is 48.3 Å². The fraction of sp³-hybridized carbons (Fsp3) is 0.529. The SMILES string of the molecule is CC(C)(C)CC1=CC=NC1c1cc(CC(C)(C)C)sc1O.CCC(C)C1=CC(n2nccc2CC(C)C)=C(O)[Si]1(C)C.Cc1nc(C(C)(C)c2nc(CCC(C)C)c[n-]2)co1.Cc1nc(Oc2nc(C(C)C(C)C)c[n-]2)cn1-c1ccccc1.[Co].[Pd].[Pt].[Pt]. The molecule has 1 radical (unpaired) electrons. The second-order valence-electron chi connectivity index (χ2n) is 27.5. The molecular formula is C68H98CoN10O4PdPt2SSi-2. The van der Waals surface area contributed by atoms with Crippen molar-refractivity contribution in [3.8, 4) is 22.6 Å². The van der Waals surface area contributed by atoms with Gasteiger partial charge in [-0.3, -0.25) is 9.56 Å². The van der Waals surface area contributed by atoms with Crippen LogP contribution < -0.4 is 14.7 Å². The number of aromatic nitrogens is 9. The van der Waals surface area contributed by atoms with Crippen molar-refractivity contribution in [1.29, 1.82) is 0 Å². The van der Waals surface area contributed by atoms with Gasteiger partial charge in [0.1, 0.15) is 29.5 Å². The summed E-state index contributed by atoms with van der Waals surface area (Å²) >= 11 is 1.50. The monoisotopic (exact) mass is 1730 g/mol. The number of para-hydroxylation sites is 1. The average molecular weight is 1740 g/mol. The minimum Gasteiger partial charge on any atom is -0.515 e. The van der Waals surface area contributed by atoms with Crippen LogP contribution in [0.4, 0.5) is 0 Å². The summed E-state index contributed by atoms with van der Waals surface area (Å²) in [5.74, 6) is 5.50. The van der Waals surface area contributed by atoms with Crippen molar-refractivity contribution in [2.45, 2.75) is 201 Å². The molecule has 0 fully saturated rings. The van der Waals surface area contributed by atoms with Gasteiger partial charge in [-0.25, -0.2) is 9.67 Å². The van der Waals surface area contributed by atoms with E-state index in [9.17, 15) is 10.2 Å². The topological polar surface area (TPSA) is 178 Å². The van der Waals surface area contributed by atoms with E-state index in [1.807, 2.05) is 78.2 Å². The molecule has 495 valence electrons. The van der Waals surface area contributed by atoms with Gasteiger partial charge in [0, 0.05) is 126 Å². The number of oxazole rings is 1. The Morgan fingerprint density at radius 3 is 2.07 bits per heavy atom. The minimum absolute atomic E-state index is 0. The van der Waals surface area contributed by atoms with Crippen molar-refractivity contribution in [1.82, 2.24) is 44.3 Å². The molecule has 2 N–H and O–H groups in total. The number of hydrogen-bond donors (Lipinski definition) is 2. The Balaban J connectivity index is 0.000000395. The molecule has 0 aliphatic carbocycles. The quantitative estimate of drug-likeness (QED) is 0.0782. The second-order valence-corrected chi connectivity index (χ2v) is 32.9. The predicted molar refractivity (Wildman–Crippen MR) is 347 cm³/mol. The van der Waals surface area contributed by atoms with E-state index in [1.165, 1.54) is 32.7 Å². The van der Waals surface area contributed by atoms with E-state index in [-0.39, 0.29) is 102 Å². The molecule has 9 rings (SSSR count). The van der Waals surface area contributed by atoms with Gasteiger partial charge in [-0.2, -0.15) is 10.1 Å². The zero-order valence-electron chi connectivity index (χ0n) is 55.7. The Bertz CT molecular complexity index is 3370. The maximum atomic E-state index is 10.8. The van der Waals surface area contributed by atoms with Gasteiger partial charge in [0.2, 0.25) is 5.88 Å². The molecule has 20 heteroatoms. The largest absolute Gasteiger partial charge is 0.515 e. The Morgan fingerprint density at radius 2 is 1.49 bits per heavy atom. The number of thiophene rings is 1. The van der Waals surface area contributed by atoms with Gasteiger partial charge in [-0.15, -0.1) is 11.3 Å². The first-order valence-electron chi connectivity index (χ1n) is 30.2. The molecule has 2 aliphatic heterocycles. The first-order chi connectivity index (χ1) is 39.3. The molecule has 0 saturated heterocycles. The van der Waals surface area contributed by atoms with Gasteiger partial charge in [-0.1, -0.05) is 190 Å². The fourth-order valence-electron chi connectivity index (χ4n) is 10.1. The number of ether oxygens (including phenoxy) is 1. The smallest absolute Gasteiger partial charge is 0.237 e. The van der Waals surface area contributed by atoms with E-state index >= 15 is 0 Å². The summed E-state index contributed by atoms with van der Waals surface area (Å²) in [6.45, 7) is 45.6. The van der Waals surface area contributed by atoms with Crippen molar-refractivity contribution in [3.63, 3.8) is 0 Å². The van der Waals surface area contributed by atoms with Crippen molar-refractivity contribution < 1.29 is 98.7 Å². The maximum absolute atomic E-state index is 10.8. The van der Waals surface area contributed by atoms with Crippen molar-refractivity contribution in [2.75, 3.05) is 0 Å². The Kier molecular flexibility index (Phi) is 31.5. The Hall–Kier alpha value is -3.98. The van der Waals surface area contributed by atoms with E-state index in [0.717, 1.165) is 84.2 Å². The molecule has 2 aliphatic rings. The summed E-state index contributed by atoms with van der Waals surface area (Å²) in [4.78, 5) is 32.4. The molecule has 0 bridgehead atoms. The number of allylic oxidation sites excluding steroid dienone is 4. The van der Waals surface area contributed by atoms with Gasteiger partial charge in [0.05, 0.1) is 17.6 Å². The molecule has 3 atom stereocenters. The number of imidazole rings is 3. The molecule has 7 aromatic rings. The normalized spacial score (nSPS) is 15.1. The molecule has 8 heterocycles. The van der Waals surface area contributed by atoms with Crippen LogP contribution in [-0.2, 0) is 104 Å². The number of aliphatic imine (C=N–C) groups is 1. The van der Waals surface area contributed by atoms with Crippen LogP contribution in [0.5, 0.6) is 17.0 Å². The number of hydrogen-bond acceptors (Lipinski definition) is 11. The molecule has 3 unspecified atom stereocenters. The third-order valence-corrected chi connectivity index (χ3v) is 19.9. The van der Waals surface area contributed by atoms with E-state index in [4.69, 9.17) is 9.15 Å². The number of aryl methyl sites for hydroxylation is 3. The summed E-state index contributed by atoms with van der Waals surface area (Å²) in [6.07, 6.45) is 21.4. The van der Waals surface area contributed by atoms with Crippen molar-refractivity contribution in [3.05, 3.63) is 153 Å². The second kappa shape index (κ2) is 34.6. The van der Waals surface area contributed by atoms with Gasteiger partial charge >= 0.3 is 0 Å². The summed E-state index contributed by atoms with van der Waals surface area (Å²) in [5, 5.41) is 28.0. The van der Waals surface area contributed by atoms with Gasteiger partial charge < -0.3 is 39.3 Å². The van der Waals surface area contributed by atoms with Crippen LogP contribution in [0.2, 0.25) is 13.1 Å². The molecule has 6 aromatic heterocycles. The maximum Gasteiger partial charge on any atom is 0.237 e. The number of aliphatic hydroxyl groups is 1. The summed E-state index contributed by atoms with van der Waals surface area (Å²) in [6, 6.07) is 14.6. The van der Waals surface area contributed by atoms with E-state index in [2.05, 4.69) is 195 Å². The fourth-order valence-corrected chi connectivity index (χ4v) is 14.4. The van der Waals surface area contributed by atoms with Crippen LogP contribution in [0.15, 0.2) is 111 Å². The van der Waals surface area contributed by atoms with E-state index < -0.39 is 8.07 Å². The van der Waals surface area contributed by atoms with Crippen LogP contribution in [0.3, 0.4) is 0 Å². The average Bonchev–Trinajstić information content (AvgIpc) is 2.97. The first-order valence-corrected chi connectivity index (χ1v) is 34.0. The number of rotatable bonds is 18. The molecule has 0 saturated carbocycles. The standard InChI is InChI=1S/C18H21N4O.C18H27NOS.C17H28N2OSi.C15H22N3O.Co.Pd.2Pt/c1-12(2)13(3)16-10-19-18(21-16)23-17-11-22(14(4)20-17)15-8-6-5-7-9-15;1-17(2,3)10-12-7-8-19-15(12)14-9-13(21-16(14)20)11-18(4,5)6;1-7-13(4)16-11-15(17(20)21(16,5)6)19-14(8-9-18-19)10-12(2)3;1-10(2)6-7-12-8-16-14(18-12)15(4,5)13-9-19-11(3)17-13;;;;/h5-13H,1-4H3;7-9,15,20H,10-11H2,1-6H3;8-9,11-13,20H,7,10H2,1-6H3;8-10H,6-7H2,1-5H3;;;;/q-1;;;-1;;;;. The minimum atomic E-state index is -1.90. The first kappa shape index (κ1) is 80.1. The number of aromatic hydroxyl groups is 1. The molecule has 1 aromatic carbocycles. The summed E-state index contributed by atoms with van der Waals surface area (Å²) in [7, 11) is -1.90. The van der Waals surface area contributed by atoms with E-state index in [1.54, 1.807) is 12.5 Å². The molecule has 88 heavy (non-hydrogen) atoms. The molecule has 0 spiro atoms. The Labute approximate surface area is 584 Å². The number of aliphatic hydroxyl groups excluding tert-OH is 1. The van der Waals surface area contributed by atoms with Crippen molar-refractivity contribution in [2.24, 2.45) is 39.5 Å². The number of nitrogens with zero attached hydrogens (tertiary/aromatic N) is 10. The zero-order valence-corrected chi connectivity index (χ0v) is 64.7. The third kappa shape index (κ3) is 22.1. The predicted octanol–water partition coefficient (Wildman–Crippen LogP) is 17.4. The summed E-state index contributed by atoms with van der Waals surface area (Å²) in [5.41, 5.74) is 8.47. The summed E-state index contributed by atoms with van der Waals surface area (Å²) < 4.78 is 14.9. The van der Waals surface area contributed by atoms with E-state index in [0.29, 0.717) is 57.8 Å². The van der Waals surface area contributed by atoms with Crippen LogP contribution in [0.1, 0.15) is 200 Å². The van der Waals surface area contributed by atoms with Crippen molar-refractivity contribution >= 4 is 31.3 Å². The number of benzene rings is 1. The van der Waals surface area contributed by atoms with Gasteiger partial charge in [-0.05, 0) is 121 Å². The third-order valence-electron chi connectivity index (χ3n) is 15.4. The van der Waals surface area contributed by atoms with Gasteiger partial charge in [0.15, 0.2) is 19.0 Å².